The first-order chi connectivity index (χ1) is 10.3. The molecule has 0 aliphatic rings. The molecule has 0 N–H and O–H groups in total. The molecule has 3 nitrogen and oxygen atoms in total. The van der Waals surface area contributed by atoms with E-state index in [1.54, 1.807) is 16.3 Å². The lowest BCUT2D eigenvalue weighted by atomic mass is 10.2. The van der Waals surface area contributed by atoms with Gasteiger partial charge < -0.3 is 0 Å². The van der Waals surface area contributed by atoms with Crippen molar-refractivity contribution in [2.45, 2.75) is 18.5 Å². The van der Waals surface area contributed by atoms with Crippen LogP contribution in [0.5, 0.6) is 0 Å². The van der Waals surface area contributed by atoms with E-state index in [1.807, 2.05) is 54.6 Å². The van der Waals surface area contributed by atoms with Crippen molar-refractivity contribution in [3.63, 3.8) is 0 Å². The molecule has 0 fully saturated rings. The average molecular weight is 296 g/mol. The summed E-state index contributed by atoms with van der Waals surface area (Å²) in [5.74, 6) is 0.925. The average Bonchev–Trinajstić information content (AvgIpc) is 2.91. The second-order valence-electron chi connectivity index (χ2n) is 4.74. The van der Waals surface area contributed by atoms with Gasteiger partial charge in [-0.2, -0.15) is 0 Å². The third-order valence-electron chi connectivity index (χ3n) is 3.19. The van der Waals surface area contributed by atoms with Crippen LogP contribution in [0, 0.1) is 0 Å². The number of para-hydroxylation sites is 2. The molecule has 3 rings (SSSR count). The fourth-order valence-electron chi connectivity index (χ4n) is 2.20. The van der Waals surface area contributed by atoms with Crippen molar-refractivity contribution in [3.05, 3.63) is 60.2 Å². The highest BCUT2D eigenvalue weighted by molar-refractivity contribution is 7.99. The van der Waals surface area contributed by atoms with Crippen LogP contribution in [-0.2, 0) is 0 Å². The highest BCUT2D eigenvalue weighted by Gasteiger charge is 2.17. The second kappa shape index (κ2) is 6.14. The molecule has 0 aliphatic heterocycles. The summed E-state index contributed by atoms with van der Waals surface area (Å²) < 4.78 is 1.73. The molecule has 0 saturated carbocycles. The van der Waals surface area contributed by atoms with E-state index in [4.69, 9.17) is 0 Å². The fourth-order valence-corrected chi connectivity index (χ4v) is 3.06. The summed E-state index contributed by atoms with van der Waals surface area (Å²) in [5, 5.41) is 0.770. The molecule has 0 spiro atoms. The molecule has 4 heteroatoms. The molecule has 0 bridgehead atoms. The summed E-state index contributed by atoms with van der Waals surface area (Å²) in [6, 6.07) is 17.1. The monoisotopic (exact) mass is 296 g/mol. The van der Waals surface area contributed by atoms with E-state index in [0.29, 0.717) is 5.56 Å². The SMILES string of the molecule is CCCSc1nc2ccccc2n1C(=O)c1ccccc1. The Morgan fingerprint density at radius 2 is 1.81 bits per heavy atom. The maximum absolute atomic E-state index is 12.8. The van der Waals surface area contributed by atoms with Crippen molar-refractivity contribution in [1.29, 1.82) is 0 Å². The third-order valence-corrected chi connectivity index (χ3v) is 4.33. The number of imidazole rings is 1. The van der Waals surface area contributed by atoms with Gasteiger partial charge in [0.05, 0.1) is 11.0 Å². The van der Waals surface area contributed by atoms with E-state index in [-0.39, 0.29) is 5.91 Å². The van der Waals surface area contributed by atoms with Gasteiger partial charge in [0.25, 0.3) is 5.91 Å². The van der Waals surface area contributed by atoms with Gasteiger partial charge in [0.2, 0.25) is 0 Å². The van der Waals surface area contributed by atoms with Gasteiger partial charge in [0.15, 0.2) is 5.16 Å². The van der Waals surface area contributed by atoms with Gasteiger partial charge in [0, 0.05) is 11.3 Å². The van der Waals surface area contributed by atoms with Gasteiger partial charge in [-0.3, -0.25) is 9.36 Å². The van der Waals surface area contributed by atoms with Crippen LogP contribution < -0.4 is 0 Å². The number of carbonyl (C=O) groups excluding carboxylic acids is 1. The van der Waals surface area contributed by atoms with Crippen LogP contribution in [0.3, 0.4) is 0 Å². The quantitative estimate of drug-likeness (QED) is 0.676. The number of rotatable bonds is 4. The molecule has 0 amide bonds. The predicted octanol–water partition coefficient (Wildman–Crippen LogP) is 4.23. The van der Waals surface area contributed by atoms with Crippen LogP contribution >= 0.6 is 11.8 Å². The standard InChI is InChI=1S/C17H16N2OS/c1-2-12-21-17-18-14-10-6-7-11-15(14)19(17)16(20)13-8-4-3-5-9-13/h3-11H,2,12H2,1H3. The Morgan fingerprint density at radius 3 is 2.57 bits per heavy atom. The summed E-state index contributed by atoms with van der Waals surface area (Å²) in [6.07, 6.45) is 1.05. The Balaban J connectivity index is 2.12. The van der Waals surface area contributed by atoms with E-state index < -0.39 is 0 Å². The molecule has 0 aliphatic carbocycles. The summed E-state index contributed by atoms with van der Waals surface area (Å²) in [7, 11) is 0. The van der Waals surface area contributed by atoms with E-state index in [9.17, 15) is 4.79 Å². The molecular weight excluding hydrogens is 280 g/mol. The summed E-state index contributed by atoms with van der Waals surface area (Å²) >= 11 is 1.63. The van der Waals surface area contributed by atoms with Crippen LogP contribution in [0.15, 0.2) is 59.8 Å². The maximum atomic E-state index is 12.8. The van der Waals surface area contributed by atoms with Crippen molar-refractivity contribution in [2.75, 3.05) is 5.75 Å². The number of benzene rings is 2. The number of aromatic nitrogens is 2. The van der Waals surface area contributed by atoms with Gasteiger partial charge >= 0.3 is 0 Å². The molecule has 0 atom stereocenters. The highest BCUT2D eigenvalue weighted by atomic mass is 32.2. The third kappa shape index (κ3) is 2.72. The molecule has 1 heterocycles. The van der Waals surface area contributed by atoms with Crippen molar-refractivity contribution in [1.82, 2.24) is 9.55 Å². The molecule has 0 unspecified atom stereocenters. The number of thioether (sulfide) groups is 1. The molecule has 1 aromatic heterocycles. The van der Waals surface area contributed by atoms with Crippen LogP contribution in [0.25, 0.3) is 11.0 Å². The van der Waals surface area contributed by atoms with E-state index in [2.05, 4.69) is 11.9 Å². The minimum Gasteiger partial charge on any atom is -0.268 e. The number of hydrogen-bond donors (Lipinski definition) is 0. The Bertz CT molecular complexity index is 765. The maximum Gasteiger partial charge on any atom is 0.264 e. The van der Waals surface area contributed by atoms with Crippen molar-refractivity contribution < 1.29 is 4.79 Å². The van der Waals surface area contributed by atoms with Gasteiger partial charge in [-0.25, -0.2) is 4.98 Å². The lowest BCUT2D eigenvalue weighted by Crippen LogP contribution is -2.13. The normalized spacial score (nSPS) is 10.9. The van der Waals surface area contributed by atoms with E-state index in [0.717, 1.165) is 28.4 Å². The minimum absolute atomic E-state index is 0.0251. The molecule has 106 valence electrons. The summed E-state index contributed by atoms with van der Waals surface area (Å²) in [5.41, 5.74) is 2.41. The van der Waals surface area contributed by atoms with Crippen molar-refractivity contribution >= 4 is 28.7 Å². The van der Waals surface area contributed by atoms with Gasteiger partial charge in [-0.15, -0.1) is 0 Å². The second-order valence-corrected chi connectivity index (χ2v) is 5.80. The Morgan fingerprint density at radius 1 is 1.10 bits per heavy atom. The summed E-state index contributed by atoms with van der Waals surface area (Å²) in [6.45, 7) is 2.12. The smallest absolute Gasteiger partial charge is 0.264 e. The molecular formula is C17H16N2OS. The topological polar surface area (TPSA) is 34.9 Å². The van der Waals surface area contributed by atoms with Gasteiger partial charge in [0.1, 0.15) is 0 Å². The number of hydrogen-bond acceptors (Lipinski definition) is 3. The lowest BCUT2D eigenvalue weighted by Gasteiger charge is -2.07. The zero-order valence-electron chi connectivity index (χ0n) is 11.8. The lowest BCUT2D eigenvalue weighted by molar-refractivity contribution is 0.0955. The first kappa shape index (κ1) is 13.9. The van der Waals surface area contributed by atoms with Crippen LogP contribution in [-0.4, -0.2) is 21.2 Å². The molecule has 0 saturated heterocycles. The highest BCUT2D eigenvalue weighted by Crippen LogP contribution is 2.25. The first-order valence-corrected chi connectivity index (χ1v) is 8.00. The van der Waals surface area contributed by atoms with Crippen LogP contribution in [0.1, 0.15) is 23.7 Å². The number of carbonyl (C=O) groups is 1. The van der Waals surface area contributed by atoms with Gasteiger partial charge in [-0.05, 0) is 30.7 Å². The zero-order valence-corrected chi connectivity index (χ0v) is 12.6. The van der Waals surface area contributed by atoms with Crippen molar-refractivity contribution in [2.24, 2.45) is 0 Å². The van der Waals surface area contributed by atoms with E-state index in [1.165, 1.54) is 0 Å². The molecule has 3 aromatic rings. The predicted molar refractivity (Wildman–Crippen MR) is 86.9 cm³/mol. The fraction of sp³-hybridized carbons (Fsp3) is 0.176. The largest absolute Gasteiger partial charge is 0.268 e. The first-order valence-electron chi connectivity index (χ1n) is 7.01. The Kier molecular flexibility index (Phi) is 4.06. The minimum atomic E-state index is -0.0251. The molecule has 0 radical (unpaired) electrons. The summed E-state index contributed by atoms with van der Waals surface area (Å²) in [4.78, 5) is 17.4. The van der Waals surface area contributed by atoms with Gasteiger partial charge in [-0.1, -0.05) is 49.0 Å². The zero-order chi connectivity index (χ0) is 14.7. The van der Waals surface area contributed by atoms with Crippen LogP contribution in [0.2, 0.25) is 0 Å². The molecule has 21 heavy (non-hydrogen) atoms. The van der Waals surface area contributed by atoms with Crippen LogP contribution in [0.4, 0.5) is 0 Å². The number of fused-ring (bicyclic) bond motifs is 1. The Hall–Kier alpha value is -2.07. The molecule has 2 aromatic carbocycles. The Labute approximate surface area is 128 Å². The number of nitrogens with zero attached hydrogens (tertiary/aromatic N) is 2. The van der Waals surface area contributed by atoms with E-state index >= 15 is 0 Å². The van der Waals surface area contributed by atoms with Crippen molar-refractivity contribution in [3.8, 4) is 0 Å².